The summed E-state index contributed by atoms with van der Waals surface area (Å²) < 4.78 is 15.7. The van der Waals surface area contributed by atoms with Gasteiger partial charge in [-0.3, -0.25) is 4.99 Å². The summed E-state index contributed by atoms with van der Waals surface area (Å²) in [6.45, 7) is 7.29. The van der Waals surface area contributed by atoms with Crippen LogP contribution < -0.4 is 25.4 Å². The van der Waals surface area contributed by atoms with Crippen molar-refractivity contribution in [1.82, 2.24) is 16.0 Å². The highest BCUT2D eigenvalue weighted by Gasteiger charge is 2.15. The number of aliphatic imine (C=N–C) groups is 1. The molecular weight excluding hydrogens is 475 g/mol. The summed E-state index contributed by atoms with van der Waals surface area (Å²) >= 11 is 0. The largest absolute Gasteiger partial charge is 0.493 e. The SMILES string of the molecule is CN=C(NCCCNC(=O)OC(C)(C)C)NCc1ccc(OC)c(OC)c1.I. The zero-order valence-corrected chi connectivity index (χ0v) is 19.9. The van der Waals surface area contributed by atoms with E-state index in [4.69, 9.17) is 14.2 Å². The Balaban J connectivity index is 0.00000729. The van der Waals surface area contributed by atoms with E-state index in [0.717, 1.165) is 12.0 Å². The molecule has 160 valence electrons. The normalized spacial score (nSPS) is 11.1. The number of carbonyl (C=O) groups is 1. The number of rotatable bonds is 8. The van der Waals surface area contributed by atoms with Gasteiger partial charge < -0.3 is 30.2 Å². The number of guanidine groups is 1. The number of alkyl carbamates (subject to hydrolysis) is 1. The van der Waals surface area contributed by atoms with Crippen molar-refractivity contribution in [2.75, 3.05) is 34.4 Å². The van der Waals surface area contributed by atoms with Crippen molar-refractivity contribution in [1.29, 1.82) is 0 Å². The number of benzene rings is 1. The molecule has 1 amide bonds. The molecule has 0 aromatic heterocycles. The molecular formula is C19H33IN4O4. The van der Waals surface area contributed by atoms with E-state index in [1.165, 1.54) is 0 Å². The molecule has 0 saturated carbocycles. The lowest BCUT2D eigenvalue weighted by Gasteiger charge is -2.19. The van der Waals surface area contributed by atoms with Crippen LogP contribution in [-0.2, 0) is 11.3 Å². The molecule has 0 bridgehead atoms. The molecule has 0 aliphatic rings. The fraction of sp³-hybridized carbons (Fsp3) is 0.579. The number of methoxy groups -OCH3 is 2. The summed E-state index contributed by atoms with van der Waals surface area (Å²) in [6.07, 6.45) is 0.342. The number of nitrogens with zero attached hydrogens (tertiary/aromatic N) is 1. The van der Waals surface area contributed by atoms with Crippen LogP contribution in [0.3, 0.4) is 0 Å². The Morgan fingerprint density at radius 1 is 1.04 bits per heavy atom. The molecule has 0 unspecified atom stereocenters. The van der Waals surface area contributed by atoms with Crippen molar-refractivity contribution in [3.8, 4) is 11.5 Å². The predicted molar refractivity (Wildman–Crippen MR) is 122 cm³/mol. The van der Waals surface area contributed by atoms with Crippen LogP contribution in [0.25, 0.3) is 0 Å². The summed E-state index contributed by atoms with van der Waals surface area (Å²) in [6, 6.07) is 5.75. The zero-order chi connectivity index (χ0) is 20.3. The minimum Gasteiger partial charge on any atom is -0.493 e. The number of amides is 1. The molecule has 9 heteroatoms. The number of nitrogens with one attached hydrogen (secondary N) is 3. The summed E-state index contributed by atoms with van der Waals surface area (Å²) in [5.41, 5.74) is 0.556. The highest BCUT2D eigenvalue weighted by atomic mass is 127. The van der Waals surface area contributed by atoms with Crippen LogP contribution >= 0.6 is 24.0 Å². The van der Waals surface area contributed by atoms with Crippen molar-refractivity contribution in [3.05, 3.63) is 23.8 Å². The van der Waals surface area contributed by atoms with Gasteiger partial charge in [0.2, 0.25) is 0 Å². The van der Waals surface area contributed by atoms with Gasteiger partial charge >= 0.3 is 6.09 Å². The lowest BCUT2D eigenvalue weighted by molar-refractivity contribution is 0.0527. The lowest BCUT2D eigenvalue weighted by Crippen LogP contribution is -2.39. The van der Waals surface area contributed by atoms with Crippen LogP contribution in [0.2, 0.25) is 0 Å². The van der Waals surface area contributed by atoms with Gasteiger partial charge in [-0.25, -0.2) is 4.79 Å². The van der Waals surface area contributed by atoms with E-state index in [1.54, 1.807) is 21.3 Å². The van der Waals surface area contributed by atoms with Crippen LogP contribution in [-0.4, -0.2) is 52.0 Å². The third-order valence-corrected chi connectivity index (χ3v) is 3.45. The lowest BCUT2D eigenvalue weighted by atomic mass is 10.2. The molecule has 0 atom stereocenters. The Bertz CT molecular complexity index is 633. The molecule has 0 spiro atoms. The average molecular weight is 508 g/mol. The second kappa shape index (κ2) is 13.3. The van der Waals surface area contributed by atoms with Gasteiger partial charge in [0.15, 0.2) is 17.5 Å². The van der Waals surface area contributed by atoms with E-state index in [1.807, 2.05) is 39.0 Å². The van der Waals surface area contributed by atoms with Crippen molar-refractivity contribution >= 4 is 36.0 Å². The van der Waals surface area contributed by atoms with Crippen LogP contribution in [0, 0.1) is 0 Å². The molecule has 1 aromatic carbocycles. The minimum absolute atomic E-state index is 0. The molecule has 0 fully saturated rings. The monoisotopic (exact) mass is 508 g/mol. The van der Waals surface area contributed by atoms with Gasteiger partial charge in [0.1, 0.15) is 5.60 Å². The summed E-state index contributed by atoms with van der Waals surface area (Å²) in [5, 5.41) is 9.16. The third-order valence-electron chi connectivity index (χ3n) is 3.45. The molecule has 0 aliphatic heterocycles. The second-order valence-electron chi connectivity index (χ2n) is 6.82. The quantitative estimate of drug-likeness (QED) is 0.217. The van der Waals surface area contributed by atoms with E-state index in [9.17, 15) is 4.79 Å². The van der Waals surface area contributed by atoms with Crippen LogP contribution in [0.5, 0.6) is 11.5 Å². The smallest absolute Gasteiger partial charge is 0.407 e. The fourth-order valence-corrected chi connectivity index (χ4v) is 2.20. The van der Waals surface area contributed by atoms with Gasteiger partial charge in [0.05, 0.1) is 14.2 Å². The highest BCUT2D eigenvalue weighted by Crippen LogP contribution is 2.27. The summed E-state index contributed by atoms with van der Waals surface area (Å²) in [4.78, 5) is 15.7. The van der Waals surface area contributed by atoms with E-state index in [2.05, 4.69) is 20.9 Å². The van der Waals surface area contributed by atoms with Gasteiger partial charge in [-0.05, 0) is 44.9 Å². The third kappa shape index (κ3) is 10.4. The molecule has 0 heterocycles. The van der Waals surface area contributed by atoms with Gasteiger partial charge in [-0.15, -0.1) is 24.0 Å². The minimum atomic E-state index is -0.488. The first kappa shape index (κ1) is 26.1. The molecule has 3 N–H and O–H groups in total. The predicted octanol–water partition coefficient (Wildman–Crippen LogP) is 2.90. The molecule has 28 heavy (non-hydrogen) atoms. The highest BCUT2D eigenvalue weighted by molar-refractivity contribution is 14.0. The van der Waals surface area contributed by atoms with Crippen LogP contribution in [0.1, 0.15) is 32.8 Å². The first-order chi connectivity index (χ1) is 12.8. The van der Waals surface area contributed by atoms with Gasteiger partial charge in [-0.2, -0.15) is 0 Å². The van der Waals surface area contributed by atoms with E-state index in [0.29, 0.717) is 37.1 Å². The number of carbonyl (C=O) groups excluding carboxylic acids is 1. The molecule has 1 rings (SSSR count). The molecule has 8 nitrogen and oxygen atoms in total. The number of ether oxygens (including phenoxy) is 3. The first-order valence-corrected chi connectivity index (χ1v) is 8.91. The summed E-state index contributed by atoms with van der Waals surface area (Å²) in [5.74, 6) is 2.07. The van der Waals surface area contributed by atoms with Crippen molar-refractivity contribution in [2.45, 2.75) is 39.3 Å². The van der Waals surface area contributed by atoms with Crippen LogP contribution in [0.15, 0.2) is 23.2 Å². The molecule has 0 saturated heterocycles. The van der Waals surface area contributed by atoms with E-state index >= 15 is 0 Å². The van der Waals surface area contributed by atoms with E-state index < -0.39 is 11.7 Å². The van der Waals surface area contributed by atoms with Gasteiger partial charge in [-0.1, -0.05) is 6.07 Å². The van der Waals surface area contributed by atoms with Crippen molar-refractivity contribution in [2.24, 2.45) is 4.99 Å². The molecule has 0 radical (unpaired) electrons. The van der Waals surface area contributed by atoms with Crippen LogP contribution in [0.4, 0.5) is 4.79 Å². The standard InChI is InChI=1S/C19H32N4O4.HI/c1-19(2,3)27-18(24)22-11-7-10-21-17(20-4)23-13-14-8-9-15(25-5)16(12-14)26-6;/h8-9,12H,7,10-11,13H2,1-6H3,(H,22,24)(H2,20,21,23);1H. The molecule has 1 aromatic rings. The fourth-order valence-electron chi connectivity index (χ4n) is 2.20. The Labute approximate surface area is 184 Å². The summed E-state index contributed by atoms with van der Waals surface area (Å²) in [7, 11) is 4.93. The van der Waals surface area contributed by atoms with Gasteiger partial charge in [0, 0.05) is 26.7 Å². The Morgan fingerprint density at radius 3 is 2.25 bits per heavy atom. The van der Waals surface area contributed by atoms with Gasteiger partial charge in [0.25, 0.3) is 0 Å². The second-order valence-corrected chi connectivity index (χ2v) is 6.82. The Morgan fingerprint density at radius 2 is 1.68 bits per heavy atom. The van der Waals surface area contributed by atoms with Crippen molar-refractivity contribution in [3.63, 3.8) is 0 Å². The Kier molecular flexibility index (Phi) is 12.4. The van der Waals surface area contributed by atoms with Crippen molar-refractivity contribution < 1.29 is 19.0 Å². The number of hydrogen-bond donors (Lipinski definition) is 3. The number of hydrogen-bond acceptors (Lipinski definition) is 5. The first-order valence-electron chi connectivity index (χ1n) is 8.91. The maximum Gasteiger partial charge on any atom is 0.407 e. The van der Waals surface area contributed by atoms with E-state index in [-0.39, 0.29) is 24.0 Å². The maximum atomic E-state index is 11.6. The topological polar surface area (TPSA) is 93.2 Å². The molecule has 0 aliphatic carbocycles. The Hall–Kier alpha value is -1.91. The zero-order valence-electron chi connectivity index (χ0n) is 17.5. The average Bonchev–Trinajstić information content (AvgIpc) is 2.62. The maximum absolute atomic E-state index is 11.6. The number of halogens is 1.